The lowest BCUT2D eigenvalue weighted by Crippen LogP contribution is -2.50. The zero-order valence-corrected chi connectivity index (χ0v) is 19.3. The molecule has 1 aliphatic rings. The van der Waals surface area contributed by atoms with Crippen LogP contribution in [0.25, 0.3) is 0 Å². The lowest BCUT2D eigenvalue weighted by molar-refractivity contribution is -0.123. The van der Waals surface area contributed by atoms with Gasteiger partial charge in [-0.1, -0.05) is 66.7 Å². The molecule has 1 aliphatic heterocycles. The number of amides is 3. The average molecular weight is 457 g/mol. The van der Waals surface area contributed by atoms with Crippen molar-refractivity contribution in [2.45, 2.75) is 25.3 Å². The predicted molar refractivity (Wildman–Crippen MR) is 137 cm³/mol. The molecule has 4 rings (SSSR count). The van der Waals surface area contributed by atoms with Crippen molar-refractivity contribution in [3.05, 3.63) is 96.6 Å². The van der Waals surface area contributed by atoms with E-state index in [0.29, 0.717) is 24.6 Å². The van der Waals surface area contributed by atoms with Crippen LogP contribution in [0.1, 0.15) is 18.4 Å². The van der Waals surface area contributed by atoms with Crippen molar-refractivity contribution in [1.82, 2.24) is 10.6 Å². The van der Waals surface area contributed by atoms with Crippen molar-refractivity contribution in [2.24, 2.45) is 5.92 Å². The molecule has 1 saturated heterocycles. The van der Waals surface area contributed by atoms with Gasteiger partial charge in [0.05, 0.1) is 0 Å². The number of urea groups is 1. The van der Waals surface area contributed by atoms with E-state index in [0.717, 1.165) is 31.5 Å². The Morgan fingerprint density at radius 2 is 1.41 bits per heavy atom. The maximum atomic E-state index is 13.1. The normalized spacial score (nSPS) is 14.8. The van der Waals surface area contributed by atoms with Crippen LogP contribution < -0.4 is 20.9 Å². The van der Waals surface area contributed by atoms with E-state index in [4.69, 9.17) is 0 Å². The number of hydrogen-bond donors (Lipinski definition) is 3. The summed E-state index contributed by atoms with van der Waals surface area (Å²) in [4.78, 5) is 28.1. The smallest absolute Gasteiger partial charge is 0.319 e. The molecule has 0 saturated carbocycles. The number of carbonyl (C=O) groups is 2. The van der Waals surface area contributed by atoms with E-state index in [1.54, 1.807) is 0 Å². The zero-order valence-electron chi connectivity index (χ0n) is 19.3. The molecule has 6 nitrogen and oxygen atoms in total. The topological polar surface area (TPSA) is 73.5 Å². The molecule has 1 unspecified atom stereocenters. The molecule has 1 fully saturated rings. The Hall–Kier alpha value is -3.80. The molecule has 0 radical (unpaired) electrons. The largest absolute Gasteiger partial charge is 0.372 e. The Kier molecular flexibility index (Phi) is 8.17. The van der Waals surface area contributed by atoms with Gasteiger partial charge in [-0.05, 0) is 48.6 Å². The number of nitrogens with zero attached hydrogens (tertiary/aromatic N) is 1. The van der Waals surface area contributed by atoms with Crippen LogP contribution in [-0.4, -0.2) is 37.6 Å². The second-order valence-corrected chi connectivity index (χ2v) is 8.72. The van der Waals surface area contributed by atoms with E-state index in [9.17, 15) is 9.59 Å². The second kappa shape index (κ2) is 11.9. The highest BCUT2D eigenvalue weighted by molar-refractivity contribution is 5.93. The predicted octanol–water partition coefficient (Wildman–Crippen LogP) is 4.45. The minimum Gasteiger partial charge on any atom is -0.372 e. The third-order valence-electron chi connectivity index (χ3n) is 6.24. The van der Waals surface area contributed by atoms with E-state index in [1.807, 2.05) is 66.7 Å². The van der Waals surface area contributed by atoms with Gasteiger partial charge < -0.3 is 20.9 Å². The molecule has 3 amide bonds. The van der Waals surface area contributed by atoms with Gasteiger partial charge in [-0.2, -0.15) is 0 Å². The van der Waals surface area contributed by atoms with Gasteiger partial charge in [0, 0.05) is 37.4 Å². The van der Waals surface area contributed by atoms with Crippen LogP contribution in [0.4, 0.5) is 16.2 Å². The first kappa shape index (κ1) is 23.4. The van der Waals surface area contributed by atoms with Crippen molar-refractivity contribution in [1.29, 1.82) is 0 Å². The maximum Gasteiger partial charge on any atom is 0.319 e. The summed E-state index contributed by atoms with van der Waals surface area (Å²) in [6.07, 6.45) is 2.49. The van der Waals surface area contributed by atoms with Crippen LogP contribution in [0, 0.1) is 5.92 Å². The monoisotopic (exact) mass is 456 g/mol. The van der Waals surface area contributed by atoms with Gasteiger partial charge in [0.25, 0.3) is 0 Å². The van der Waals surface area contributed by atoms with Gasteiger partial charge in [-0.3, -0.25) is 4.79 Å². The number of piperidine rings is 1. The van der Waals surface area contributed by atoms with Gasteiger partial charge in [0.1, 0.15) is 6.04 Å². The van der Waals surface area contributed by atoms with Crippen LogP contribution in [0.15, 0.2) is 91.0 Å². The van der Waals surface area contributed by atoms with Gasteiger partial charge in [-0.25, -0.2) is 4.79 Å². The summed E-state index contributed by atoms with van der Waals surface area (Å²) in [5.74, 6) is 0.275. The Morgan fingerprint density at radius 3 is 2.06 bits per heavy atom. The van der Waals surface area contributed by atoms with Gasteiger partial charge in [-0.15, -0.1) is 0 Å². The molecule has 34 heavy (non-hydrogen) atoms. The lowest BCUT2D eigenvalue weighted by atomic mass is 9.96. The minimum atomic E-state index is -0.657. The van der Waals surface area contributed by atoms with E-state index < -0.39 is 12.1 Å². The quantitative estimate of drug-likeness (QED) is 0.469. The number of nitrogens with one attached hydrogen (secondary N) is 3. The minimum absolute atomic E-state index is 0.155. The molecule has 1 atom stereocenters. The van der Waals surface area contributed by atoms with Gasteiger partial charge in [0.2, 0.25) is 5.91 Å². The fourth-order valence-corrected chi connectivity index (χ4v) is 4.31. The molecule has 0 bridgehead atoms. The summed E-state index contributed by atoms with van der Waals surface area (Å²) in [5.41, 5.74) is 2.93. The van der Waals surface area contributed by atoms with Crippen LogP contribution in [-0.2, 0) is 11.2 Å². The first-order chi connectivity index (χ1) is 16.7. The molecule has 176 valence electrons. The van der Waals surface area contributed by atoms with E-state index in [1.165, 1.54) is 5.69 Å². The number of para-hydroxylation sites is 2. The lowest BCUT2D eigenvalue weighted by Gasteiger charge is -2.34. The standard InChI is InChI=1S/C28H32N4O2/c33-27(29-21-23-16-18-32(19-17-23)25-14-8-3-9-15-25)26(20-22-10-4-1-5-11-22)31-28(34)30-24-12-6-2-7-13-24/h1-15,23,26H,16-21H2,(H,29,33)(H2,30,31,34). The Morgan fingerprint density at radius 1 is 0.824 bits per heavy atom. The summed E-state index contributed by atoms with van der Waals surface area (Å²) in [5, 5.41) is 8.76. The third kappa shape index (κ3) is 6.85. The molecular weight excluding hydrogens is 424 g/mol. The fourth-order valence-electron chi connectivity index (χ4n) is 4.31. The zero-order chi connectivity index (χ0) is 23.6. The molecule has 3 N–H and O–H groups in total. The maximum absolute atomic E-state index is 13.1. The number of hydrogen-bond acceptors (Lipinski definition) is 3. The third-order valence-corrected chi connectivity index (χ3v) is 6.24. The first-order valence-electron chi connectivity index (χ1n) is 11.9. The summed E-state index contributed by atoms with van der Waals surface area (Å²) in [6, 6.07) is 28.4. The van der Waals surface area contributed by atoms with E-state index >= 15 is 0 Å². The fraction of sp³-hybridized carbons (Fsp3) is 0.286. The number of rotatable bonds is 8. The van der Waals surface area contributed by atoms with Crippen molar-refractivity contribution in [2.75, 3.05) is 29.9 Å². The molecular formula is C28H32N4O2. The molecule has 3 aromatic carbocycles. The molecule has 0 aromatic heterocycles. The van der Waals surface area contributed by atoms with Crippen molar-refractivity contribution in [3.8, 4) is 0 Å². The molecule has 3 aromatic rings. The highest BCUT2D eigenvalue weighted by Crippen LogP contribution is 2.22. The highest BCUT2D eigenvalue weighted by Gasteiger charge is 2.24. The summed E-state index contributed by atoms with van der Waals surface area (Å²) >= 11 is 0. The van der Waals surface area contributed by atoms with Crippen LogP contribution in [0.3, 0.4) is 0 Å². The SMILES string of the molecule is O=C(Nc1ccccc1)NC(Cc1ccccc1)C(=O)NCC1CCN(c2ccccc2)CC1. The van der Waals surface area contributed by atoms with Crippen LogP contribution in [0.2, 0.25) is 0 Å². The highest BCUT2D eigenvalue weighted by atomic mass is 16.2. The van der Waals surface area contributed by atoms with Gasteiger partial charge >= 0.3 is 6.03 Å². The Bertz CT molecular complexity index is 1040. The first-order valence-corrected chi connectivity index (χ1v) is 11.9. The number of carbonyl (C=O) groups excluding carboxylic acids is 2. The van der Waals surface area contributed by atoms with Gasteiger partial charge in [0.15, 0.2) is 0 Å². The molecule has 0 aliphatic carbocycles. The number of anilines is 2. The molecule has 6 heteroatoms. The summed E-state index contributed by atoms with van der Waals surface area (Å²) in [6.45, 7) is 2.58. The summed E-state index contributed by atoms with van der Waals surface area (Å²) < 4.78 is 0. The van der Waals surface area contributed by atoms with Crippen LogP contribution >= 0.6 is 0 Å². The van der Waals surface area contributed by atoms with E-state index in [-0.39, 0.29) is 5.91 Å². The van der Waals surface area contributed by atoms with Crippen molar-refractivity contribution < 1.29 is 9.59 Å². The average Bonchev–Trinajstić information content (AvgIpc) is 2.89. The second-order valence-electron chi connectivity index (χ2n) is 8.72. The summed E-state index contributed by atoms with van der Waals surface area (Å²) in [7, 11) is 0. The van der Waals surface area contributed by atoms with E-state index in [2.05, 4.69) is 45.1 Å². The molecule has 0 spiro atoms. The Balaban J connectivity index is 1.31. The Labute approximate surface area is 201 Å². The van der Waals surface area contributed by atoms with Crippen molar-refractivity contribution in [3.63, 3.8) is 0 Å². The molecule has 1 heterocycles. The van der Waals surface area contributed by atoms with Crippen molar-refractivity contribution >= 4 is 23.3 Å². The van der Waals surface area contributed by atoms with Crippen LogP contribution in [0.5, 0.6) is 0 Å². The number of benzene rings is 3.